The van der Waals surface area contributed by atoms with Gasteiger partial charge in [-0.2, -0.15) is 0 Å². The van der Waals surface area contributed by atoms with Crippen LogP contribution in [0.5, 0.6) is 0 Å². The number of fused-ring (bicyclic) bond motifs is 1. The molecule has 0 aromatic carbocycles. The Morgan fingerprint density at radius 2 is 2.40 bits per heavy atom. The second-order valence-electron chi connectivity index (χ2n) is 2.84. The fourth-order valence-corrected chi connectivity index (χ4v) is 1.54. The van der Waals surface area contributed by atoms with Gasteiger partial charge in [0.25, 0.3) is 0 Å². The molecule has 2 atom stereocenters. The van der Waals surface area contributed by atoms with E-state index < -0.39 is 0 Å². The van der Waals surface area contributed by atoms with Crippen LogP contribution in [0.1, 0.15) is 19.3 Å². The van der Waals surface area contributed by atoms with Crippen molar-refractivity contribution in [2.24, 2.45) is 5.92 Å². The Morgan fingerprint density at radius 1 is 1.50 bits per heavy atom. The fourth-order valence-electron chi connectivity index (χ4n) is 1.54. The summed E-state index contributed by atoms with van der Waals surface area (Å²) in [7, 11) is 0. The van der Waals surface area contributed by atoms with Crippen molar-refractivity contribution >= 4 is 5.97 Å². The first-order valence-electron chi connectivity index (χ1n) is 3.67. The minimum atomic E-state index is -0.207. The highest BCUT2D eigenvalue weighted by Crippen LogP contribution is 2.30. The number of carbonyl (C=O) groups excluding carboxylic acids is 1. The standard InChI is InChI=1S/C7H10O3/c8-6-4-5-2-1-3-9-7(5)10-6/h5,7H,1-4H2/t5-,7+/m0/s1. The van der Waals surface area contributed by atoms with Crippen LogP contribution in [-0.4, -0.2) is 18.9 Å². The van der Waals surface area contributed by atoms with E-state index in [0.717, 1.165) is 19.4 Å². The first kappa shape index (κ1) is 6.16. The molecule has 0 bridgehead atoms. The smallest absolute Gasteiger partial charge is 0.308 e. The minimum absolute atomic E-state index is 0.100. The normalized spacial score (nSPS) is 39.0. The number of esters is 1. The van der Waals surface area contributed by atoms with Crippen LogP contribution in [0, 0.1) is 5.92 Å². The molecule has 0 aliphatic carbocycles. The van der Waals surface area contributed by atoms with Gasteiger partial charge in [0.2, 0.25) is 6.29 Å². The molecule has 0 spiro atoms. The zero-order valence-corrected chi connectivity index (χ0v) is 5.71. The quantitative estimate of drug-likeness (QED) is 0.467. The highest BCUT2D eigenvalue weighted by molar-refractivity contribution is 5.71. The molecule has 3 nitrogen and oxygen atoms in total. The Bertz CT molecular complexity index is 139. The van der Waals surface area contributed by atoms with Crippen LogP contribution in [0.15, 0.2) is 0 Å². The van der Waals surface area contributed by atoms with Gasteiger partial charge in [-0.1, -0.05) is 0 Å². The molecule has 0 N–H and O–H groups in total. The highest BCUT2D eigenvalue weighted by Gasteiger charge is 2.37. The third-order valence-electron chi connectivity index (χ3n) is 2.06. The Morgan fingerprint density at radius 3 is 3.20 bits per heavy atom. The molecule has 0 radical (unpaired) electrons. The van der Waals surface area contributed by atoms with E-state index in [9.17, 15) is 4.79 Å². The number of rotatable bonds is 0. The molecule has 2 fully saturated rings. The minimum Gasteiger partial charge on any atom is -0.435 e. The summed E-state index contributed by atoms with van der Waals surface area (Å²) in [5.74, 6) is 0.248. The summed E-state index contributed by atoms with van der Waals surface area (Å²) in [6.07, 6.45) is 2.50. The molecular weight excluding hydrogens is 132 g/mol. The molecule has 0 unspecified atom stereocenters. The summed E-state index contributed by atoms with van der Waals surface area (Å²) >= 11 is 0. The van der Waals surface area contributed by atoms with Crippen LogP contribution in [0.25, 0.3) is 0 Å². The van der Waals surface area contributed by atoms with Crippen molar-refractivity contribution in [3.05, 3.63) is 0 Å². The lowest BCUT2D eigenvalue weighted by molar-refractivity contribution is -0.174. The van der Waals surface area contributed by atoms with Gasteiger partial charge in [-0.25, -0.2) is 0 Å². The molecule has 0 amide bonds. The first-order valence-corrected chi connectivity index (χ1v) is 3.67. The predicted molar refractivity (Wildman–Crippen MR) is 33.2 cm³/mol. The fraction of sp³-hybridized carbons (Fsp3) is 0.857. The molecular formula is C7H10O3. The predicted octanol–water partition coefficient (Wildman–Crippen LogP) is 0.686. The maximum Gasteiger partial charge on any atom is 0.308 e. The van der Waals surface area contributed by atoms with Crippen molar-refractivity contribution < 1.29 is 14.3 Å². The van der Waals surface area contributed by atoms with Gasteiger partial charge in [0, 0.05) is 5.92 Å². The Kier molecular flexibility index (Phi) is 1.38. The SMILES string of the molecule is O=C1C[C@@H]2CCCO[C@@H]2O1. The van der Waals surface area contributed by atoms with Gasteiger partial charge < -0.3 is 9.47 Å². The van der Waals surface area contributed by atoms with Crippen LogP contribution in [0.4, 0.5) is 0 Å². The van der Waals surface area contributed by atoms with Gasteiger partial charge in [0.15, 0.2) is 0 Å². The molecule has 0 aromatic heterocycles. The molecule has 2 rings (SSSR count). The molecule has 2 saturated heterocycles. The summed E-state index contributed by atoms with van der Waals surface area (Å²) in [4.78, 5) is 10.7. The van der Waals surface area contributed by atoms with Crippen LogP contribution >= 0.6 is 0 Å². The van der Waals surface area contributed by atoms with Gasteiger partial charge in [0.05, 0.1) is 13.0 Å². The van der Waals surface area contributed by atoms with E-state index in [1.807, 2.05) is 0 Å². The topological polar surface area (TPSA) is 35.5 Å². The largest absolute Gasteiger partial charge is 0.435 e. The van der Waals surface area contributed by atoms with Gasteiger partial charge in [-0.3, -0.25) is 4.79 Å². The van der Waals surface area contributed by atoms with Crippen molar-refractivity contribution in [1.82, 2.24) is 0 Å². The van der Waals surface area contributed by atoms with Crippen molar-refractivity contribution in [3.8, 4) is 0 Å². The second kappa shape index (κ2) is 2.23. The first-order chi connectivity index (χ1) is 4.86. The molecule has 3 heteroatoms. The molecule has 10 heavy (non-hydrogen) atoms. The third-order valence-corrected chi connectivity index (χ3v) is 2.06. The summed E-state index contributed by atoms with van der Waals surface area (Å²) in [5.41, 5.74) is 0. The third kappa shape index (κ3) is 0.904. The zero-order valence-electron chi connectivity index (χ0n) is 5.71. The van der Waals surface area contributed by atoms with E-state index in [0.29, 0.717) is 12.3 Å². The highest BCUT2D eigenvalue weighted by atomic mass is 16.7. The van der Waals surface area contributed by atoms with E-state index in [-0.39, 0.29) is 12.3 Å². The van der Waals surface area contributed by atoms with Crippen LogP contribution in [-0.2, 0) is 14.3 Å². The zero-order chi connectivity index (χ0) is 6.97. The van der Waals surface area contributed by atoms with Crippen LogP contribution < -0.4 is 0 Å². The Hall–Kier alpha value is -0.570. The lowest BCUT2D eigenvalue weighted by Gasteiger charge is -2.22. The molecule has 2 aliphatic heterocycles. The summed E-state index contributed by atoms with van der Waals surface area (Å²) in [6, 6.07) is 0. The number of carbonyl (C=O) groups is 1. The molecule has 0 aromatic rings. The van der Waals surface area contributed by atoms with Crippen molar-refractivity contribution in [1.29, 1.82) is 0 Å². The summed E-state index contributed by atoms with van der Waals surface area (Å²) in [6.45, 7) is 0.744. The summed E-state index contributed by atoms with van der Waals surface area (Å²) < 4.78 is 10.1. The van der Waals surface area contributed by atoms with Crippen LogP contribution in [0.3, 0.4) is 0 Å². The lowest BCUT2D eigenvalue weighted by Crippen LogP contribution is -2.25. The van der Waals surface area contributed by atoms with Gasteiger partial charge >= 0.3 is 5.97 Å². The van der Waals surface area contributed by atoms with Gasteiger partial charge in [-0.05, 0) is 12.8 Å². The van der Waals surface area contributed by atoms with E-state index in [2.05, 4.69) is 0 Å². The van der Waals surface area contributed by atoms with E-state index in [4.69, 9.17) is 9.47 Å². The Balaban J connectivity index is 2.04. The number of hydrogen-bond acceptors (Lipinski definition) is 3. The monoisotopic (exact) mass is 142 g/mol. The van der Waals surface area contributed by atoms with E-state index in [1.54, 1.807) is 0 Å². The summed E-state index contributed by atoms with van der Waals surface area (Å²) in [5, 5.41) is 0. The molecule has 0 saturated carbocycles. The lowest BCUT2D eigenvalue weighted by atomic mass is 9.99. The molecule has 2 aliphatic rings. The van der Waals surface area contributed by atoms with Crippen molar-refractivity contribution in [3.63, 3.8) is 0 Å². The maximum absolute atomic E-state index is 10.7. The van der Waals surface area contributed by atoms with Gasteiger partial charge in [-0.15, -0.1) is 0 Å². The number of ether oxygens (including phenoxy) is 2. The molecule has 2 heterocycles. The van der Waals surface area contributed by atoms with E-state index >= 15 is 0 Å². The molecule has 56 valence electrons. The van der Waals surface area contributed by atoms with Crippen LogP contribution in [0.2, 0.25) is 0 Å². The van der Waals surface area contributed by atoms with Crippen molar-refractivity contribution in [2.75, 3.05) is 6.61 Å². The average Bonchev–Trinajstić information content (AvgIpc) is 2.27. The van der Waals surface area contributed by atoms with Crippen molar-refractivity contribution in [2.45, 2.75) is 25.6 Å². The maximum atomic E-state index is 10.7. The number of hydrogen-bond donors (Lipinski definition) is 0. The average molecular weight is 142 g/mol. The van der Waals surface area contributed by atoms with Gasteiger partial charge in [0.1, 0.15) is 0 Å². The van der Waals surface area contributed by atoms with E-state index in [1.165, 1.54) is 0 Å². The Labute approximate surface area is 59.3 Å². The second-order valence-corrected chi connectivity index (χ2v) is 2.84.